The highest BCUT2D eigenvalue weighted by Gasteiger charge is 2.49. The van der Waals surface area contributed by atoms with Crippen molar-refractivity contribution < 1.29 is 8.96 Å². The van der Waals surface area contributed by atoms with Gasteiger partial charge < -0.3 is 0 Å². The summed E-state index contributed by atoms with van der Waals surface area (Å²) < 4.78 is 17.0. The first-order valence-electron chi connectivity index (χ1n) is 8.59. The van der Waals surface area contributed by atoms with Crippen molar-refractivity contribution in [2.75, 3.05) is 0 Å². The van der Waals surface area contributed by atoms with Crippen molar-refractivity contribution in [2.45, 2.75) is 51.5 Å². The molecule has 0 fully saturated rings. The number of pyridine rings is 2. The van der Waals surface area contributed by atoms with Gasteiger partial charge in [0, 0.05) is 37.1 Å². The predicted octanol–water partition coefficient (Wildman–Crippen LogP) is 4.84. The molecule has 0 spiro atoms. The molecule has 4 rings (SSSR count). The van der Waals surface area contributed by atoms with Gasteiger partial charge in [-0.1, -0.05) is 20.8 Å². The largest absolute Gasteiger partial charge is 0.256 e. The Hall–Kier alpha value is -2.03. The lowest BCUT2D eigenvalue weighted by molar-refractivity contribution is -0.748. The van der Waals surface area contributed by atoms with Gasteiger partial charge in [-0.25, -0.2) is 4.39 Å². The summed E-state index contributed by atoms with van der Waals surface area (Å²) in [6.45, 7) is 6.76. The third kappa shape index (κ3) is 1.68. The second-order valence-corrected chi connectivity index (χ2v) is 6.56. The molecular formula is C20H22FN2+. The topological polar surface area (TPSA) is 16.8 Å². The number of aromatic nitrogens is 2. The zero-order valence-corrected chi connectivity index (χ0v) is 13.9. The van der Waals surface area contributed by atoms with Crippen molar-refractivity contribution in [1.82, 2.24) is 4.98 Å². The van der Waals surface area contributed by atoms with Gasteiger partial charge >= 0.3 is 0 Å². The van der Waals surface area contributed by atoms with E-state index in [2.05, 4.69) is 42.6 Å². The lowest BCUT2D eigenvalue weighted by Gasteiger charge is -2.38. The number of nitrogens with zero attached hydrogens (tertiary/aromatic N) is 2. The zero-order chi connectivity index (χ0) is 16.2. The molecule has 3 heterocycles. The molecule has 1 unspecified atom stereocenters. The van der Waals surface area contributed by atoms with Gasteiger partial charge in [-0.15, -0.1) is 0 Å². The first kappa shape index (κ1) is 14.6. The first-order chi connectivity index (χ1) is 11.2. The first-order valence-corrected chi connectivity index (χ1v) is 8.59. The third-order valence-electron chi connectivity index (χ3n) is 5.90. The smallest absolute Gasteiger partial charge is 0.225 e. The molecule has 2 aromatic heterocycles. The van der Waals surface area contributed by atoms with Crippen molar-refractivity contribution in [3.63, 3.8) is 0 Å². The molecule has 0 amide bonds. The Kier molecular flexibility index (Phi) is 3.15. The Labute approximate surface area is 136 Å². The highest BCUT2D eigenvalue weighted by molar-refractivity contribution is 6.04. The maximum absolute atomic E-state index is 14.6. The van der Waals surface area contributed by atoms with Crippen molar-refractivity contribution >= 4 is 21.8 Å². The van der Waals surface area contributed by atoms with Gasteiger partial charge in [0.05, 0.1) is 16.3 Å². The van der Waals surface area contributed by atoms with E-state index in [-0.39, 0.29) is 11.4 Å². The minimum atomic E-state index is -0.178. The van der Waals surface area contributed by atoms with Crippen LogP contribution in [0.1, 0.15) is 51.5 Å². The Morgan fingerprint density at radius 1 is 1.22 bits per heavy atom. The van der Waals surface area contributed by atoms with Gasteiger partial charge in [0.1, 0.15) is 5.82 Å². The number of hydrogen-bond acceptors (Lipinski definition) is 1. The molecular weight excluding hydrogens is 287 g/mol. The Morgan fingerprint density at radius 2 is 2.00 bits per heavy atom. The SMILES string of the molecule is CCC1c2ccnc3cc(F)c4ccc[n+](c4c23)C1(CC)CC. The molecule has 23 heavy (non-hydrogen) atoms. The van der Waals surface area contributed by atoms with Gasteiger partial charge in [0.2, 0.25) is 5.52 Å². The Morgan fingerprint density at radius 3 is 2.70 bits per heavy atom. The van der Waals surface area contributed by atoms with Crippen molar-refractivity contribution in [3.8, 4) is 0 Å². The molecule has 1 atom stereocenters. The van der Waals surface area contributed by atoms with E-state index in [9.17, 15) is 4.39 Å². The van der Waals surface area contributed by atoms with E-state index in [1.165, 1.54) is 5.56 Å². The minimum Gasteiger partial charge on any atom is -0.256 e. The summed E-state index contributed by atoms with van der Waals surface area (Å²) >= 11 is 0. The molecule has 0 saturated carbocycles. The van der Waals surface area contributed by atoms with Crippen LogP contribution in [0.25, 0.3) is 21.8 Å². The second kappa shape index (κ2) is 4.98. The van der Waals surface area contributed by atoms with Crippen LogP contribution in [-0.2, 0) is 5.54 Å². The van der Waals surface area contributed by atoms with Crippen LogP contribution in [0.4, 0.5) is 4.39 Å². The van der Waals surface area contributed by atoms with E-state index in [1.807, 2.05) is 18.3 Å². The van der Waals surface area contributed by atoms with E-state index in [1.54, 1.807) is 6.07 Å². The van der Waals surface area contributed by atoms with E-state index in [0.717, 1.165) is 35.7 Å². The van der Waals surface area contributed by atoms with Gasteiger partial charge in [0.25, 0.3) is 0 Å². The van der Waals surface area contributed by atoms with Gasteiger partial charge in [-0.2, -0.15) is 4.57 Å². The van der Waals surface area contributed by atoms with Crippen LogP contribution in [0, 0.1) is 5.82 Å². The summed E-state index contributed by atoms with van der Waals surface area (Å²) in [6, 6.07) is 7.60. The Balaban J connectivity index is 2.30. The summed E-state index contributed by atoms with van der Waals surface area (Å²) in [5.74, 6) is 0.249. The molecule has 2 nitrogen and oxygen atoms in total. The quantitative estimate of drug-likeness (QED) is 0.500. The highest BCUT2D eigenvalue weighted by Crippen LogP contribution is 2.46. The molecule has 0 aliphatic carbocycles. The molecule has 0 radical (unpaired) electrons. The molecule has 3 aromatic rings. The monoisotopic (exact) mass is 309 g/mol. The van der Waals surface area contributed by atoms with E-state index in [4.69, 9.17) is 0 Å². The zero-order valence-electron chi connectivity index (χ0n) is 13.9. The fourth-order valence-electron chi connectivity index (χ4n) is 4.82. The predicted molar refractivity (Wildman–Crippen MR) is 91.0 cm³/mol. The van der Waals surface area contributed by atoms with E-state index in [0.29, 0.717) is 11.3 Å². The van der Waals surface area contributed by atoms with Crippen LogP contribution in [0.5, 0.6) is 0 Å². The maximum atomic E-state index is 14.6. The number of benzene rings is 1. The average Bonchev–Trinajstić information content (AvgIpc) is 2.59. The summed E-state index contributed by atoms with van der Waals surface area (Å²) in [6.07, 6.45) is 7.10. The summed E-state index contributed by atoms with van der Waals surface area (Å²) in [7, 11) is 0. The lowest BCUT2D eigenvalue weighted by atomic mass is 9.70. The minimum absolute atomic E-state index is 0.00331. The molecule has 3 heteroatoms. The molecule has 1 aromatic carbocycles. The van der Waals surface area contributed by atoms with Crippen LogP contribution < -0.4 is 4.57 Å². The molecule has 118 valence electrons. The third-order valence-corrected chi connectivity index (χ3v) is 5.90. The summed E-state index contributed by atoms with van der Waals surface area (Å²) in [4.78, 5) is 4.44. The fraction of sp³-hybridized carbons (Fsp3) is 0.400. The normalized spacial score (nSPS) is 18.9. The standard InChI is InChI=1S/C20H22FN2/c1-4-15-13-9-10-22-17-12-16(21)14-8-7-11-23(19(14)18(13)17)20(15,5-2)6-3/h7-12,15H,4-6H2,1-3H3/q+1. The van der Waals surface area contributed by atoms with Crippen LogP contribution in [-0.4, -0.2) is 4.98 Å². The van der Waals surface area contributed by atoms with Gasteiger partial charge in [-0.3, -0.25) is 4.98 Å². The van der Waals surface area contributed by atoms with Gasteiger partial charge in [0.15, 0.2) is 11.7 Å². The van der Waals surface area contributed by atoms with E-state index >= 15 is 0 Å². The van der Waals surface area contributed by atoms with Gasteiger partial charge in [-0.05, 0) is 24.1 Å². The van der Waals surface area contributed by atoms with Crippen LogP contribution in [0.3, 0.4) is 0 Å². The highest BCUT2D eigenvalue weighted by atomic mass is 19.1. The van der Waals surface area contributed by atoms with Crippen molar-refractivity contribution in [3.05, 3.63) is 48.0 Å². The Bertz CT molecular complexity index is 912. The van der Waals surface area contributed by atoms with E-state index < -0.39 is 0 Å². The molecule has 0 N–H and O–H groups in total. The van der Waals surface area contributed by atoms with Crippen molar-refractivity contribution in [2.24, 2.45) is 0 Å². The maximum Gasteiger partial charge on any atom is 0.225 e. The van der Waals surface area contributed by atoms with Crippen LogP contribution in [0.2, 0.25) is 0 Å². The van der Waals surface area contributed by atoms with Crippen LogP contribution >= 0.6 is 0 Å². The summed E-state index contributed by atoms with van der Waals surface area (Å²) in [5.41, 5.74) is 3.12. The molecule has 0 saturated heterocycles. The summed E-state index contributed by atoms with van der Waals surface area (Å²) in [5, 5.41) is 1.84. The number of hydrogen-bond donors (Lipinski definition) is 0. The average molecular weight is 309 g/mol. The van der Waals surface area contributed by atoms with Crippen LogP contribution in [0.15, 0.2) is 36.7 Å². The molecule has 1 aliphatic rings. The second-order valence-electron chi connectivity index (χ2n) is 6.56. The molecule has 1 aliphatic heterocycles. The molecule has 0 bridgehead atoms. The lowest BCUT2D eigenvalue weighted by Crippen LogP contribution is -2.60. The number of rotatable bonds is 3. The van der Waals surface area contributed by atoms with Crippen molar-refractivity contribution in [1.29, 1.82) is 0 Å². The number of halogens is 1. The fourth-order valence-corrected chi connectivity index (χ4v) is 4.82.